The lowest BCUT2D eigenvalue weighted by Gasteiger charge is -2.26. The van der Waals surface area contributed by atoms with Crippen LogP contribution in [-0.2, 0) is 24.3 Å². The molecule has 0 aliphatic carbocycles. The zero-order valence-electron chi connectivity index (χ0n) is 15.4. The highest BCUT2D eigenvalue weighted by molar-refractivity contribution is 7.89. The Morgan fingerprint density at radius 2 is 1.79 bits per heavy atom. The maximum Gasteiger partial charge on any atom is 0.251 e. The summed E-state index contributed by atoms with van der Waals surface area (Å²) in [5.41, 5.74) is 0.239. The fourth-order valence-corrected chi connectivity index (χ4v) is 4.60. The molecular weight excluding hydrogens is 386 g/mol. The molecule has 1 N–H and O–H groups in total. The molecule has 3 rings (SSSR count). The van der Waals surface area contributed by atoms with Crippen LogP contribution in [0.4, 0.5) is 0 Å². The molecule has 2 aliphatic rings. The van der Waals surface area contributed by atoms with Crippen LogP contribution in [0.3, 0.4) is 0 Å². The summed E-state index contributed by atoms with van der Waals surface area (Å²) in [5, 5.41) is 2.69. The number of morpholine rings is 1. The van der Waals surface area contributed by atoms with Crippen molar-refractivity contribution >= 4 is 27.7 Å². The first-order valence-electron chi connectivity index (χ1n) is 9.19. The average Bonchev–Trinajstić information content (AvgIpc) is 3.03. The number of carbonyl (C=O) groups is 3. The van der Waals surface area contributed by atoms with Gasteiger partial charge in [-0.15, -0.1) is 0 Å². The summed E-state index contributed by atoms with van der Waals surface area (Å²) < 4.78 is 31.9. The molecule has 3 amide bonds. The molecule has 1 aromatic carbocycles. The van der Waals surface area contributed by atoms with Crippen LogP contribution in [0.2, 0.25) is 0 Å². The summed E-state index contributed by atoms with van der Waals surface area (Å²) in [5.74, 6) is -0.771. The van der Waals surface area contributed by atoms with Crippen molar-refractivity contribution in [1.29, 1.82) is 0 Å². The van der Waals surface area contributed by atoms with Gasteiger partial charge in [0.05, 0.1) is 18.1 Å². The summed E-state index contributed by atoms with van der Waals surface area (Å²) in [7, 11) is -3.67. The molecule has 0 spiro atoms. The normalized spacial score (nSPS) is 18.5. The van der Waals surface area contributed by atoms with Gasteiger partial charge in [-0.1, -0.05) is 6.07 Å². The lowest BCUT2D eigenvalue weighted by atomic mass is 10.2. The number of imide groups is 1. The van der Waals surface area contributed by atoms with Gasteiger partial charge in [-0.25, -0.2) is 8.42 Å². The molecule has 2 fully saturated rings. The SMILES string of the molecule is O=C(NCCCN1C(=O)CCC1=O)c1cccc(S(=O)(=O)N2CCOCC2)c1. The summed E-state index contributed by atoms with van der Waals surface area (Å²) >= 11 is 0. The Balaban J connectivity index is 1.56. The lowest BCUT2D eigenvalue weighted by molar-refractivity contribution is -0.138. The summed E-state index contributed by atoms with van der Waals surface area (Å²) in [6, 6.07) is 5.89. The number of likely N-dealkylation sites (tertiary alicyclic amines) is 1. The van der Waals surface area contributed by atoms with E-state index in [1.165, 1.54) is 27.4 Å². The standard InChI is InChI=1S/C18H23N3O6S/c22-16-5-6-17(23)21(16)8-2-7-19-18(24)14-3-1-4-15(13-14)28(25,26)20-9-11-27-12-10-20/h1,3-4,13H,2,5-12H2,(H,19,24). The Hall–Kier alpha value is -2.30. The number of ether oxygens (including phenoxy) is 1. The first-order chi connectivity index (χ1) is 13.4. The van der Waals surface area contributed by atoms with Gasteiger partial charge in [-0.3, -0.25) is 19.3 Å². The minimum atomic E-state index is -3.67. The number of benzene rings is 1. The fourth-order valence-electron chi connectivity index (χ4n) is 3.15. The minimum Gasteiger partial charge on any atom is -0.379 e. The Kier molecular flexibility index (Phi) is 6.42. The molecule has 0 aromatic heterocycles. The topological polar surface area (TPSA) is 113 Å². The van der Waals surface area contributed by atoms with Gasteiger partial charge in [-0.2, -0.15) is 4.31 Å². The van der Waals surface area contributed by atoms with Gasteiger partial charge in [0.25, 0.3) is 5.91 Å². The third-order valence-corrected chi connectivity index (χ3v) is 6.60. The number of nitrogens with one attached hydrogen (secondary N) is 1. The number of sulfonamides is 1. The van der Waals surface area contributed by atoms with Crippen molar-refractivity contribution < 1.29 is 27.5 Å². The van der Waals surface area contributed by atoms with E-state index in [9.17, 15) is 22.8 Å². The van der Waals surface area contributed by atoms with Gasteiger partial charge in [0.2, 0.25) is 21.8 Å². The van der Waals surface area contributed by atoms with E-state index in [0.29, 0.717) is 19.6 Å². The Morgan fingerprint density at radius 1 is 1.11 bits per heavy atom. The van der Waals surface area contributed by atoms with E-state index < -0.39 is 15.9 Å². The van der Waals surface area contributed by atoms with Crippen LogP contribution < -0.4 is 5.32 Å². The number of hydrogen-bond donors (Lipinski definition) is 1. The molecule has 2 heterocycles. The van der Waals surface area contributed by atoms with Crippen molar-refractivity contribution in [1.82, 2.24) is 14.5 Å². The maximum atomic E-state index is 12.7. The van der Waals surface area contributed by atoms with E-state index in [0.717, 1.165) is 0 Å². The molecule has 2 aliphatic heterocycles. The summed E-state index contributed by atoms with van der Waals surface area (Å²) in [6.07, 6.45) is 0.931. The lowest BCUT2D eigenvalue weighted by Crippen LogP contribution is -2.40. The number of nitrogens with zero attached hydrogens (tertiary/aromatic N) is 2. The Labute approximate surface area is 163 Å². The second-order valence-corrected chi connectivity index (χ2v) is 8.53. The fraction of sp³-hybridized carbons (Fsp3) is 0.500. The van der Waals surface area contributed by atoms with Crippen molar-refractivity contribution in [2.45, 2.75) is 24.2 Å². The number of carbonyl (C=O) groups excluding carboxylic acids is 3. The second kappa shape index (κ2) is 8.80. The van der Waals surface area contributed by atoms with Crippen LogP contribution in [0.5, 0.6) is 0 Å². The first kappa shape index (κ1) is 20.4. The van der Waals surface area contributed by atoms with Crippen molar-refractivity contribution in [3.63, 3.8) is 0 Å². The van der Waals surface area contributed by atoms with E-state index in [-0.39, 0.29) is 61.3 Å². The molecule has 28 heavy (non-hydrogen) atoms. The molecule has 9 nitrogen and oxygen atoms in total. The molecule has 0 unspecified atom stereocenters. The first-order valence-corrected chi connectivity index (χ1v) is 10.6. The van der Waals surface area contributed by atoms with Gasteiger partial charge in [0, 0.05) is 44.6 Å². The number of rotatable bonds is 7. The van der Waals surface area contributed by atoms with Crippen LogP contribution in [0, 0.1) is 0 Å². The molecule has 1 aromatic rings. The van der Waals surface area contributed by atoms with E-state index in [4.69, 9.17) is 4.74 Å². The molecule has 152 valence electrons. The Bertz CT molecular complexity index is 848. The third kappa shape index (κ3) is 4.57. The summed E-state index contributed by atoms with van der Waals surface area (Å²) in [4.78, 5) is 36.7. The monoisotopic (exact) mass is 409 g/mol. The van der Waals surface area contributed by atoms with E-state index in [1.807, 2.05) is 0 Å². The highest BCUT2D eigenvalue weighted by atomic mass is 32.2. The zero-order chi connectivity index (χ0) is 20.1. The van der Waals surface area contributed by atoms with E-state index in [1.54, 1.807) is 6.07 Å². The smallest absolute Gasteiger partial charge is 0.251 e. The quantitative estimate of drug-likeness (QED) is 0.500. The third-order valence-electron chi connectivity index (χ3n) is 4.70. The summed E-state index contributed by atoms with van der Waals surface area (Å²) in [6.45, 7) is 1.81. The van der Waals surface area contributed by atoms with Crippen LogP contribution >= 0.6 is 0 Å². The van der Waals surface area contributed by atoms with Crippen molar-refractivity contribution in [2.24, 2.45) is 0 Å². The molecule has 0 atom stereocenters. The number of amides is 3. The average molecular weight is 409 g/mol. The van der Waals surface area contributed by atoms with Gasteiger partial charge in [0.1, 0.15) is 0 Å². The largest absolute Gasteiger partial charge is 0.379 e. The van der Waals surface area contributed by atoms with Crippen molar-refractivity contribution in [3.05, 3.63) is 29.8 Å². The molecule has 0 radical (unpaired) electrons. The Morgan fingerprint density at radius 3 is 2.46 bits per heavy atom. The molecule has 2 saturated heterocycles. The van der Waals surface area contributed by atoms with Crippen molar-refractivity contribution in [3.8, 4) is 0 Å². The van der Waals surface area contributed by atoms with Crippen molar-refractivity contribution in [2.75, 3.05) is 39.4 Å². The highest BCUT2D eigenvalue weighted by Gasteiger charge is 2.28. The molecule has 0 saturated carbocycles. The van der Waals surface area contributed by atoms with Gasteiger partial charge in [-0.05, 0) is 24.6 Å². The minimum absolute atomic E-state index is 0.0651. The maximum absolute atomic E-state index is 12.7. The van der Waals surface area contributed by atoms with Crippen LogP contribution in [-0.4, -0.2) is 74.7 Å². The molecule has 0 bridgehead atoms. The van der Waals surface area contributed by atoms with Crippen LogP contribution in [0.15, 0.2) is 29.2 Å². The zero-order valence-corrected chi connectivity index (χ0v) is 16.2. The van der Waals surface area contributed by atoms with Gasteiger partial charge >= 0.3 is 0 Å². The van der Waals surface area contributed by atoms with E-state index >= 15 is 0 Å². The highest BCUT2D eigenvalue weighted by Crippen LogP contribution is 2.18. The predicted octanol–water partition coefficient (Wildman–Crippen LogP) is -0.0236. The molecule has 10 heteroatoms. The predicted molar refractivity (Wildman–Crippen MR) is 98.9 cm³/mol. The van der Waals surface area contributed by atoms with Gasteiger partial charge in [0.15, 0.2) is 0 Å². The van der Waals surface area contributed by atoms with Crippen LogP contribution in [0.1, 0.15) is 29.6 Å². The molecular formula is C18H23N3O6S. The van der Waals surface area contributed by atoms with Gasteiger partial charge < -0.3 is 10.1 Å². The van der Waals surface area contributed by atoms with E-state index in [2.05, 4.69) is 5.32 Å². The second-order valence-electron chi connectivity index (χ2n) is 6.59. The number of hydrogen-bond acceptors (Lipinski definition) is 6. The van der Waals surface area contributed by atoms with Crippen LogP contribution in [0.25, 0.3) is 0 Å².